The van der Waals surface area contributed by atoms with Crippen molar-refractivity contribution in [2.45, 2.75) is 13.8 Å². The van der Waals surface area contributed by atoms with E-state index in [9.17, 15) is 4.79 Å². The number of methoxy groups -OCH3 is 1. The number of benzene rings is 1. The summed E-state index contributed by atoms with van der Waals surface area (Å²) in [5.74, 6) is 0.683. The lowest BCUT2D eigenvalue weighted by molar-refractivity contribution is -0.116. The van der Waals surface area contributed by atoms with Crippen LogP contribution in [0.4, 0.5) is 0 Å². The number of nitrogens with zero attached hydrogens (tertiary/aromatic N) is 1. The fourth-order valence-electron chi connectivity index (χ4n) is 1.91. The molecule has 0 aromatic heterocycles. The summed E-state index contributed by atoms with van der Waals surface area (Å²) >= 11 is 0. The van der Waals surface area contributed by atoms with Crippen molar-refractivity contribution in [1.29, 1.82) is 0 Å². The first-order chi connectivity index (χ1) is 9.71. The van der Waals surface area contributed by atoms with E-state index in [1.54, 1.807) is 19.3 Å². The fraction of sp³-hybridized carbons (Fsp3) is 0.438. The minimum absolute atomic E-state index is 0.0805. The van der Waals surface area contributed by atoms with Crippen molar-refractivity contribution in [2.24, 2.45) is 0 Å². The second-order valence-electron chi connectivity index (χ2n) is 4.39. The molecule has 0 atom stereocenters. The van der Waals surface area contributed by atoms with Crippen molar-refractivity contribution in [2.75, 3.05) is 33.3 Å². The monoisotopic (exact) mass is 276 g/mol. The molecule has 0 radical (unpaired) electrons. The lowest BCUT2D eigenvalue weighted by atomic mass is 10.2. The summed E-state index contributed by atoms with van der Waals surface area (Å²) in [7, 11) is 1.62. The number of amides is 1. The zero-order chi connectivity index (χ0) is 14.8. The first-order valence-electron chi connectivity index (χ1n) is 7.02. The minimum atomic E-state index is -0.0805. The second kappa shape index (κ2) is 9.15. The van der Waals surface area contributed by atoms with Gasteiger partial charge in [0.2, 0.25) is 5.91 Å². The zero-order valence-electron chi connectivity index (χ0n) is 12.6. The highest BCUT2D eigenvalue weighted by Gasteiger charge is 2.01. The maximum Gasteiger partial charge on any atom is 0.244 e. The molecule has 1 rings (SSSR count). The highest BCUT2D eigenvalue weighted by atomic mass is 16.5. The standard InChI is InChI=1S/C16H24N2O2/c1-4-18(5-2)13-12-17-16(19)11-10-14-8-6-7-9-15(14)20-3/h6-11H,4-5,12-13H2,1-3H3,(H,17,19). The smallest absolute Gasteiger partial charge is 0.244 e. The van der Waals surface area contributed by atoms with Crippen LogP contribution in [0, 0.1) is 0 Å². The molecule has 1 N–H and O–H groups in total. The average molecular weight is 276 g/mol. The molecule has 0 aliphatic rings. The SMILES string of the molecule is CCN(CC)CCNC(=O)C=Cc1ccccc1OC. The Morgan fingerprint density at radius 3 is 2.65 bits per heavy atom. The number of hydrogen-bond acceptors (Lipinski definition) is 3. The molecular weight excluding hydrogens is 252 g/mol. The van der Waals surface area contributed by atoms with Crippen molar-refractivity contribution in [1.82, 2.24) is 10.2 Å². The Bertz CT molecular complexity index is 440. The third-order valence-corrected chi connectivity index (χ3v) is 3.17. The Morgan fingerprint density at radius 1 is 1.30 bits per heavy atom. The van der Waals surface area contributed by atoms with Crippen molar-refractivity contribution < 1.29 is 9.53 Å². The molecular formula is C16H24N2O2. The molecule has 20 heavy (non-hydrogen) atoms. The first-order valence-corrected chi connectivity index (χ1v) is 7.02. The quantitative estimate of drug-likeness (QED) is 0.740. The molecule has 1 amide bonds. The summed E-state index contributed by atoms with van der Waals surface area (Å²) in [6.07, 6.45) is 3.31. The molecule has 0 saturated heterocycles. The predicted molar refractivity (Wildman–Crippen MR) is 82.8 cm³/mol. The van der Waals surface area contributed by atoms with Gasteiger partial charge in [-0.1, -0.05) is 32.0 Å². The van der Waals surface area contributed by atoms with Gasteiger partial charge in [0, 0.05) is 24.7 Å². The molecule has 1 aromatic rings. The number of para-hydroxylation sites is 1. The van der Waals surface area contributed by atoms with Gasteiger partial charge in [0.15, 0.2) is 0 Å². The largest absolute Gasteiger partial charge is 0.496 e. The summed E-state index contributed by atoms with van der Waals surface area (Å²) in [5, 5.41) is 2.88. The summed E-state index contributed by atoms with van der Waals surface area (Å²) in [4.78, 5) is 14.0. The molecule has 0 unspecified atom stereocenters. The Labute approximate surface area is 121 Å². The van der Waals surface area contributed by atoms with Gasteiger partial charge in [-0.3, -0.25) is 4.79 Å². The van der Waals surface area contributed by atoms with E-state index in [1.807, 2.05) is 24.3 Å². The second-order valence-corrected chi connectivity index (χ2v) is 4.39. The van der Waals surface area contributed by atoms with Gasteiger partial charge in [0.25, 0.3) is 0 Å². The van der Waals surface area contributed by atoms with Gasteiger partial charge < -0.3 is 15.0 Å². The van der Waals surface area contributed by atoms with Crippen LogP contribution in [0.25, 0.3) is 6.08 Å². The number of hydrogen-bond donors (Lipinski definition) is 1. The summed E-state index contributed by atoms with van der Waals surface area (Å²) in [5.41, 5.74) is 0.897. The van der Waals surface area contributed by atoms with Crippen molar-refractivity contribution in [3.63, 3.8) is 0 Å². The minimum Gasteiger partial charge on any atom is -0.496 e. The molecule has 4 nitrogen and oxygen atoms in total. The molecule has 0 aliphatic heterocycles. The van der Waals surface area contributed by atoms with Crippen molar-refractivity contribution in [3.05, 3.63) is 35.9 Å². The van der Waals surface area contributed by atoms with Crippen molar-refractivity contribution >= 4 is 12.0 Å². The third kappa shape index (κ3) is 5.45. The van der Waals surface area contributed by atoms with Crippen LogP contribution in [0.3, 0.4) is 0 Å². The number of carbonyl (C=O) groups excluding carboxylic acids is 1. The van der Waals surface area contributed by atoms with E-state index in [0.29, 0.717) is 6.54 Å². The molecule has 0 saturated carbocycles. The van der Waals surface area contributed by atoms with Crippen LogP contribution in [-0.4, -0.2) is 44.1 Å². The van der Waals surface area contributed by atoms with Gasteiger partial charge in [-0.05, 0) is 25.2 Å². The van der Waals surface area contributed by atoms with Crippen LogP contribution < -0.4 is 10.1 Å². The summed E-state index contributed by atoms with van der Waals surface area (Å²) < 4.78 is 5.23. The van der Waals surface area contributed by atoms with Crippen LogP contribution in [-0.2, 0) is 4.79 Å². The van der Waals surface area contributed by atoms with E-state index in [1.165, 1.54) is 0 Å². The third-order valence-electron chi connectivity index (χ3n) is 3.17. The van der Waals surface area contributed by atoms with Gasteiger partial charge in [-0.15, -0.1) is 0 Å². The van der Waals surface area contributed by atoms with E-state index < -0.39 is 0 Å². The summed E-state index contributed by atoms with van der Waals surface area (Å²) in [6, 6.07) is 7.61. The number of nitrogens with one attached hydrogen (secondary N) is 1. The van der Waals surface area contributed by atoms with Crippen LogP contribution in [0.1, 0.15) is 19.4 Å². The first kappa shape index (κ1) is 16.2. The summed E-state index contributed by atoms with van der Waals surface area (Å²) in [6.45, 7) is 7.78. The fourth-order valence-corrected chi connectivity index (χ4v) is 1.91. The predicted octanol–water partition coefficient (Wildman–Crippen LogP) is 2.17. The molecule has 0 fully saturated rings. The van der Waals surface area contributed by atoms with Gasteiger partial charge in [-0.2, -0.15) is 0 Å². The van der Waals surface area contributed by atoms with Crippen LogP contribution in [0.2, 0.25) is 0 Å². The molecule has 1 aromatic carbocycles. The zero-order valence-corrected chi connectivity index (χ0v) is 12.6. The van der Waals surface area contributed by atoms with Crippen LogP contribution in [0.5, 0.6) is 5.75 Å². The Hall–Kier alpha value is -1.81. The van der Waals surface area contributed by atoms with Gasteiger partial charge >= 0.3 is 0 Å². The molecule has 0 spiro atoms. The molecule has 0 heterocycles. The Kier molecular flexibility index (Phi) is 7.43. The van der Waals surface area contributed by atoms with Crippen molar-refractivity contribution in [3.8, 4) is 5.75 Å². The van der Waals surface area contributed by atoms with E-state index in [-0.39, 0.29) is 5.91 Å². The van der Waals surface area contributed by atoms with E-state index >= 15 is 0 Å². The lowest BCUT2D eigenvalue weighted by Gasteiger charge is -2.17. The van der Waals surface area contributed by atoms with Crippen LogP contribution >= 0.6 is 0 Å². The average Bonchev–Trinajstić information content (AvgIpc) is 2.49. The normalized spacial score (nSPS) is 11.0. The number of likely N-dealkylation sites (N-methyl/N-ethyl adjacent to an activating group) is 1. The Balaban J connectivity index is 2.43. The molecule has 0 bridgehead atoms. The molecule has 110 valence electrons. The van der Waals surface area contributed by atoms with Gasteiger partial charge in [0.05, 0.1) is 7.11 Å². The van der Waals surface area contributed by atoms with E-state index in [2.05, 4.69) is 24.1 Å². The number of ether oxygens (including phenoxy) is 1. The maximum absolute atomic E-state index is 11.7. The number of rotatable bonds is 8. The highest BCUT2D eigenvalue weighted by Crippen LogP contribution is 2.18. The molecule has 0 aliphatic carbocycles. The van der Waals surface area contributed by atoms with Gasteiger partial charge in [-0.25, -0.2) is 0 Å². The van der Waals surface area contributed by atoms with E-state index in [0.717, 1.165) is 30.9 Å². The van der Waals surface area contributed by atoms with Gasteiger partial charge in [0.1, 0.15) is 5.75 Å². The van der Waals surface area contributed by atoms with Crippen LogP contribution in [0.15, 0.2) is 30.3 Å². The highest BCUT2D eigenvalue weighted by molar-refractivity contribution is 5.92. The maximum atomic E-state index is 11.7. The van der Waals surface area contributed by atoms with E-state index in [4.69, 9.17) is 4.74 Å². The Morgan fingerprint density at radius 2 is 2.00 bits per heavy atom. The lowest BCUT2D eigenvalue weighted by Crippen LogP contribution is -2.34. The topological polar surface area (TPSA) is 41.6 Å². The number of carbonyl (C=O) groups is 1. The molecule has 4 heteroatoms.